The lowest BCUT2D eigenvalue weighted by Crippen LogP contribution is -2.59. The maximum absolute atomic E-state index is 11.6. The molecule has 6 heteroatoms. The van der Waals surface area contributed by atoms with Crippen LogP contribution in [0, 0.1) is 0 Å². The van der Waals surface area contributed by atoms with Crippen molar-refractivity contribution in [1.82, 2.24) is 4.90 Å². The third-order valence-electron chi connectivity index (χ3n) is 2.70. The zero-order valence-electron chi connectivity index (χ0n) is 7.68. The number of amides is 2. The minimum absolute atomic E-state index is 0.228. The molecule has 2 aliphatic heterocycles. The summed E-state index contributed by atoms with van der Waals surface area (Å²) in [6.07, 6.45) is 0.921. The van der Waals surface area contributed by atoms with E-state index in [1.54, 1.807) is 0 Å². The average molecular weight is 199 g/mol. The van der Waals surface area contributed by atoms with Crippen LogP contribution in [-0.4, -0.2) is 41.6 Å². The van der Waals surface area contributed by atoms with E-state index in [9.17, 15) is 9.59 Å². The lowest BCUT2D eigenvalue weighted by atomic mass is 10.2. The van der Waals surface area contributed by atoms with E-state index in [0.29, 0.717) is 12.8 Å². The maximum Gasteiger partial charge on any atom is 0.244 e. The van der Waals surface area contributed by atoms with Gasteiger partial charge < -0.3 is 21.1 Å². The van der Waals surface area contributed by atoms with Gasteiger partial charge in [-0.25, -0.2) is 0 Å². The normalized spacial score (nSPS) is 37.1. The first-order valence-corrected chi connectivity index (χ1v) is 4.60. The second-order valence-electron chi connectivity index (χ2n) is 3.64. The van der Waals surface area contributed by atoms with Crippen LogP contribution in [-0.2, 0) is 14.3 Å². The van der Waals surface area contributed by atoms with Crippen molar-refractivity contribution >= 4 is 11.8 Å². The molecule has 78 valence electrons. The van der Waals surface area contributed by atoms with Gasteiger partial charge in [-0.15, -0.1) is 0 Å². The van der Waals surface area contributed by atoms with E-state index in [2.05, 4.69) is 0 Å². The van der Waals surface area contributed by atoms with E-state index in [-0.39, 0.29) is 18.7 Å². The van der Waals surface area contributed by atoms with Crippen LogP contribution < -0.4 is 11.5 Å². The van der Waals surface area contributed by atoms with Crippen molar-refractivity contribution < 1.29 is 14.3 Å². The van der Waals surface area contributed by atoms with E-state index in [1.165, 1.54) is 4.90 Å². The number of fused-ring (bicyclic) bond motifs is 1. The topological polar surface area (TPSA) is 98.6 Å². The number of hydrogen-bond donors (Lipinski definition) is 2. The molecule has 0 aliphatic carbocycles. The molecule has 0 radical (unpaired) electrons. The van der Waals surface area contributed by atoms with Gasteiger partial charge >= 0.3 is 0 Å². The highest BCUT2D eigenvalue weighted by Crippen LogP contribution is 2.28. The second-order valence-corrected chi connectivity index (χ2v) is 3.64. The third kappa shape index (κ3) is 1.27. The minimum atomic E-state index is -0.661. The lowest BCUT2D eigenvalue weighted by molar-refractivity contribution is -0.163. The molecule has 6 nitrogen and oxygen atoms in total. The Kier molecular flexibility index (Phi) is 2.16. The van der Waals surface area contributed by atoms with Crippen LogP contribution >= 0.6 is 0 Å². The van der Waals surface area contributed by atoms with E-state index in [1.807, 2.05) is 0 Å². The van der Waals surface area contributed by atoms with E-state index < -0.39 is 18.0 Å². The molecule has 0 bridgehead atoms. The summed E-state index contributed by atoms with van der Waals surface area (Å²) in [5.74, 6) is -0.721. The Labute approximate surface area is 81.2 Å². The van der Waals surface area contributed by atoms with E-state index in [4.69, 9.17) is 16.2 Å². The van der Waals surface area contributed by atoms with Crippen molar-refractivity contribution in [3.8, 4) is 0 Å². The molecule has 14 heavy (non-hydrogen) atoms. The molecule has 4 N–H and O–H groups in total. The summed E-state index contributed by atoms with van der Waals surface area (Å²) in [4.78, 5) is 24.1. The van der Waals surface area contributed by atoms with Crippen molar-refractivity contribution in [1.29, 1.82) is 0 Å². The van der Waals surface area contributed by atoms with Gasteiger partial charge in [0.1, 0.15) is 18.3 Å². The monoisotopic (exact) mass is 199 g/mol. The van der Waals surface area contributed by atoms with Crippen LogP contribution in [0.4, 0.5) is 0 Å². The van der Waals surface area contributed by atoms with Crippen LogP contribution in [0.3, 0.4) is 0 Å². The molecule has 0 aromatic rings. The van der Waals surface area contributed by atoms with Gasteiger partial charge in [-0.2, -0.15) is 0 Å². The molecule has 0 spiro atoms. The summed E-state index contributed by atoms with van der Waals surface area (Å²) in [6.45, 7) is 0.228. The Balaban J connectivity index is 2.20. The molecule has 0 aromatic heterocycles. The molecule has 2 saturated heterocycles. The molecule has 2 amide bonds. The highest BCUT2D eigenvalue weighted by atomic mass is 16.5. The molecule has 0 aromatic carbocycles. The van der Waals surface area contributed by atoms with Gasteiger partial charge in [-0.05, 0) is 12.8 Å². The summed E-state index contributed by atoms with van der Waals surface area (Å²) in [6, 6.07) is -1.20. The van der Waals surface area contributed by atoms with Gasteiger partial charge in [0.2, 0.25) is 11.8 Å². The van der Waals surface area contributed by atoms with E-state index >= 15 is 0 Å². The molecule has 2 rings (SSSR count). The minimum Gasteiger partial charge on any atom is -0.368 e. The number of ether oxygens (including phenoxy) is 1. The van der Waals surface area contributed by atoms with Crippen LogP contribution in [0.25, 0.3) is 0 Å². The zero-order valence-corrected chi connectivity index (χ0v) is 7.68. The summed E-state index contributed by atoms with van der Waals surface area (Å²) < 4.78 is 5.34. The van der Waals surface area contributed by atoms with Gasteiger partial charge in [0, 0.05) is 0 Å². The first kappa shape index (κ1) is 9.42. The Morgan fingerprint density at radius 2 is 2.21 bits per heavy atom. The number of hydrogen-bond acceptors (Lipinski definition) is 4. The van der Waals surface area contributed by atoms with Gasteiger partial charge in [-0.3, -0.25) is 9.59 Å². The standard InChI is InChI=1S/C8H13N3O3/c9-4-3-14-6-2-1-5(7(10)12)11(6)8(4)13/h4-6H,1-3,9H2,(H2,10,12)/t4-,5?,6?/m0/s1. The highest BCUT2D eigenvalue weighted by Gasteiger charge is 2.45. The van der Waals surface area contributed by atoms with Gasteiger partial charge in [0.05, 0.1) is 6.61 Å². The summed E-state index contributed by atoms with van der Waals surface area (Å²) >= 11 is 0. The van der Waals surface area contributed by atoms with Crippen LogP contribution in [0.1, 0.15) is 12.8 Å². The SMILES string of the molecule is NC(=O)C1CCC2OC[C@H](N)C(=O)N21. The summed E-state index contributed by atoms with van der Waals surface area (Å²) in [5, 5.41) is 0. The predicted octanol–water partition coefficient (Wildman–Crippen LogP) is -1.85. The molecule has 3 atom stereocenters. The Morgan fingerprint density at radius 1 is 1.50 bits per heavy atom. The van der Waals surface area contributed by atoms with Gasteiger partial charge in [-0.1, -0.05) is 0 Å². The molecule has 2 fully saturated rings. The smallest absolute Gasteiger partial charge is 0.244 e. The summed E-state index contributed by atoms with van der Waals surface area (Å²) in [5.41, 5.74) is 10.7. The predicted molar refractivity (Wildman–Crippen MR) is 46.8 cm³/mol. The maximum atomic E-state index is 11.6. The number of carbonyl (C=O) groups is 2. The molecule has 2 aliphatic rings. The first-order chi connectivity index (χ1) is 6.61. The number of primary amides is 1. The van der Waals surface area contributed by atoms with Crippen LogP contribution in [0.5, 0.6) is 0 Å². The van der Waals surface area contributed by atoms with E-state index in [0.717, 1.165) is 0 Å². The third-order valence-corrected chi connectivity index (χ3v) is 2.70. The second kappa shape index (κ2) is 3.21. The van der Waals surface area contributed by atoms with Crippen molar-refractivity contribution in [2.45, 2.75) is 31.2 Å². The van der Waals surface area contributed by atoms with Crippen molar-refractivity contribution in [2.75, 3.05) is 6.61 Å². The molecular weight excluding hydrogens is 186 g/mol. The Morgan fingerprint density at radius 3 is 2.86 bits per heavy atom. The zero-order chi connectivity index (χ0) is 10.3. The Hall–Kier alpha value is -1.14. The van der Waals surface area contributed by atoms with Crippen molar-refractivity contribution in [3.05, 3.63) is 0 Å². The fourth-order valence-electron chi connectivity index (χ4n) is 2.00. The number of carbonyl (C=O) groups excluding carboxylic acids is 2. The summed E-state index contributed by atoms with van der Waals surface area (Å²) in [7, 11) is 0. The quantitative estimate of drug-likeness (QED) is 0.517. The molecular formula is C8H13N3O3. The van der Waals surface area contributed by atoms with Gasteiger partial charge in [0.25, 0.3) is 0 Å². The van der Waals surface area contributed by atoms with Gasteiger partial charge in [0.15, 0.2) is 0 Å². The molecule has 2 heterocycles. The van der Waals surface area contributed by atoms with Crippen LogP contribution in [0.15, 0.2) is 0 Å². The molecule has 0 saturated carbocycles. The fourth-order valence-corrected chi connectivity index (χ4v) is 2.00. The Bertz CT molecular complexity index is 281. The highest BCUT2D eigenvalue weighted by molar-refractivity contribution is 5.90. The fraction of sp³-hybridized carbons (Fsp3) is 0.750. The average Bonchev–Trinajstić information content (AvgIpc) is 2.55. The first-order valence-electron chi connectivity index (χ1n) is 4.60. The largest absolute Gasteiger partial charge is 0.368 e. The number of nitrogens with two attached hydrogens (primary N) is 2. The lowest BCUT2D eigenvalue weighted by Gasteiger charge is -2.35. The number of rotatable bonds is 1. The number of nitrogens with zero attached hydrogens (tertiary/aromatic N) is 1. The van der Waals surface area contributed by atoms with Crippen LogP contribution in [0.2, 0.25) is 0 Å². The molecule has 2 unspecified atom stereocenters. The van der Waals surface area contributed by atoms with Crippen molar-refractivity contribution in [3.63, 3.8) is 0 Å². The van der Waals surface area contributed by atoms with Crippen molar-refractivity contribution in [2.24, 2.45) is 11.5 Å².